The lowest BCUT2D eigenvalue weighted by molar-refractivity contribution is 0.292. The van der Waals surface area contributed by atoms with Crippen LogP contribution >= 0.6 is 0 Å². The van der Waals surface area contributed by atoms with Crippen LogP contribution in [0.3, 0.4) is 0 Å². The number of rotatable bonds is 5. The summed E-state index contributed by atoms with van der Waals surface area (Å²) in [7, 11) is -3.75. The third-order valence-corrected chi connectivity index (χ3v) is 6.26. The first-order chi connectivity index (χ1) is 13.5. The SMILES string of the molecule is CC(C)[C@@H]1COC(c2ccc3ccccc3c2NS(=O)(=O)c2ccccc2)=N1. The quantitative estimate of drug-likeness (QED) is 0.695. The molecule has 4 rings (SSSR count). The third kappa shape index (κ3) is 3.47. The Morgan fingerprint density at radius 2 is 1.71 bits per heavy atom. The number of aliphatic imine (C=N–C) groups is 1. The molecule has 1 atom stereocenters. The highest BCUT2D eigenvalue weighted by molar-refractivity contribution is 7.92. The van der Waals surface area contributed by atoms with Gasteiger partial charge in [-0.3, -0.25) is 4.72 Å². The number of nitrogens with one attached hydrogen (secondary N) is 1. The van der Waals surface area contributed by atoms with Crippen molar-refractivity contribution in [1.29, 1.82) is 0 Å². The lowest BCUT2D eigenvalue weighted by atomic mass is 10.0. The van der Waals surface area contributed by atoms with Crippen LogP contribution in [-0.4, -0.2) is 27.0 Å². The number of benzene rings is 3. The van der Waals surface area contributed by atoms with E-state index in [1.165, 1.54) is 0 Å². The van der Waals surface area contributed by atoms with Crippen LogP contribution in [0.15, 0.2) is 76.6 Å². The zero-order valence-corrected chi connectivity index (χ0v) is 16.6. The Balaban J connectivity index is 1.85. The lowest BCUT2D eigenvalue weighted by Crippen LogP contribution is -2.16. The highest BCUT2D eigenvalue weighted by Crippen LogP contribution is 2.32. The highest BCUT2D eigenvalue weighted by Gasteiger charge is 2.26. The maximum absolute atomic E-state index is 13.0. The van der Waals surface area contributed by atoms with E-state index in [9.17, 15) is 8.42 Å². The van der Waals surface area contributed by atoms with Crippen molar-refractivity contribution in [2.24, 2.45) is 10.9 Å². The van der Waals surface area contributed by atoms with Crippen molar-refractivity contribution in [1.82, 2.24) is 0 Å². The van der Waals surface area contributed by atoms with E-state index < -0.39 is 10.0 Å². The van der Waals surface area contributed by atoms with E-state index >= 15 is 0 Å². The Morgan fingerprint density at radius 3 is 2.43 bits per heavy atom. The number of hydrogen-bond acceptors (Lipinski definition) is 4. The van der Waals surface area contributed by atoms with Crippen LogP contribution < -0.4 is 4.72 Å². The van der Waals surface area contributed by atoms with Crippen LogP contribution in [0.2, 0.25) is 0 Å². The molecule has 0 aliphatic carbocycles. The lowest BCUT2D eigenvalue weighted by Gasteiger charge is -2.15. The van der Waals surface area contributed by atoms with Gasteiger partial charge in [0.25, 0.3) is 10.0 Å². The molecule has 0 spiro atoms. The van der Waals surface area contributed by atoms with Crippen LogP contribution in [0.4, 0.5) is 5.69 Å². The van der Waals surface area contributed by atoms with Gasteiger partial charge < -0.3 is 4.74 Å². The fourth-order valence-electron chi connectivity index (χ4n) is 3.23. The molecular formula is C22H22N2O3S. The summed E-state index contributed by atoms with van der Waals surface area (Å²) in [4.78, 5) is 4.90. The number of anilines is 1. The molecule has 0 bridgehead atoms. The highest BCUT2D eigenvalue weighted by atomic mass is 32.2. The summed E-state index contributed by atoms with van der Waals surface area (Å²) >= 11 is 0. The minimum absolute atomic E-state index is 0.0695. The van der Waals surface area contributed by atoms with Gasteiger partial charge in [0, 0.05) is 5.39 Å². The zero-order valence-electron chi connectivity index (χ0n) is 15.8. The van der Waals surface area contributed by atoms with E-state index in [1.807, 2.05) is 36.4 Å². The average molecular weight is 394 g/mol. The topological polar surface area (TPSA) is 67.8 Å². The van der Waals surface area contributed by atoms with Crippen molar-refractivity contribution >= 4 is 32.4 Å². The third-order valence-electron chi connectivity index (χ3n) is 4.89. The summed E-state index contributed by atoms with van der Waals surface area (Å²) in [5, 5.41) is 1.75. The zero-order chi connectivity index (χ0) is 19.7. The second-order valence-corrected chi connectivity index (χ2v) is 8.87. The summed E-state index contributed by atoms with van der Waals surface area (Å²) in [5.74, 6) is 0.831. The van der Waals surface area contributed by atoms with E-state index in [0.29, 0.717) is 29.7 Å². The molecule has 1 aliphatic heterocycles. The molecule has 0 fully saturated rings. The molecule has 28 heavy (non-hydrogen) atoms. The van der Waals surface area contributed by atoms with Crippen molar-refractivity contribution in [2.45, 2.75) is 24.8 Å². The number of nitrogens with zero attached hydrogens (tertiary/aromatic N) is 1. The first kappa shape index (κ1) is 18.5. The van der Waals surface area contributed by atoms with Gasteiger partial charge in [-0.05, 0) is 29.5 Å². The Bertz CT molecular complexity index is 1140. The van der Waals surface area contributed by atoms with Crippen molar-refractivity contribution in [2.75, 3.05) is 11.3 Å². The van der Waals surface area contributed by atoms with Crippen molar-refractivity contribution in [3.8, 4) is 0 Å². The van der Waals surface area contributed by atoms with Gasteiger partial charge in [0.1, 0.15) is 6.61 Å². The smallest absolute Gasteiger partial charge is 0.261 e. The molecule has 3 aromatic carbocycles. The monoisotopic (exact) mass is 394 g/mol. The van der Waals surface area contributed by atoms with Gasteiger partial charge in [0.2, 0.25) is 5.90 Å². The molecule has 0 unspecified atom stereocenters. The normalized spacial score (nSPS) is 16.8. The van der Waals surface area contributed by atoms with Crippen molar-refractivity contribution in [3.05, 3.63) is 72.3 Å². The fourth-order valence-corrected chi connectivity index (χ4v) is 4.35. The Labute approximate surface area is 165 Å². The second-order valence-electron chi connectivity index (χ2n) is 7.18. The summed E-state index contributed by atoms with van der Waals surface area (Å²) in [6, 6.07) is 19.9. The van der Waals surface area contributed by atoms with Crippen LogP contribution in [0.1, 0.15) is 19.4 Å². The maximum Gasteiger partial charge on any atom is 0.261 e. The molecule has 5 nitrogen and oxygen atoms in total. The maximum atomic E-state index is 13.0. The largest absolute Gasteiger partial charge is 0.475 e. The molecule has 1 aliphatic rings. The molecular weight excluding hydrogens is 372 g/mol. The molecule has 0 amide bonds. The molecule has 0 saturated heterocycles. The summed E-state index contributed by atoms with van der Waals surface area (Å²) < 4.78 is 34.6. The van der Waals surface area contributed by atoms with Crippen LogP contribution in [0.25, 0.3) is 10.8 Å². The predicted molar refractivity (Wildman–Crippen MR) is 112 cm³/mol. The minimum atomic E-state index is -3.75. The summed E-state index contributed by atoms with van der Waals surface area (Å²) in [6.07, 6.45) is 0. The van der Waals surface area contributed by atoms with Crippen molar-refractivity contribution < 1.29 is 13.2 Å². The van der Waals surface area contributed by atoms with Gasteiger partial charge in [-0.15, -0.1) is 0 Å². The molecule has 0 saturated carbocycles. The number of ether oxygens (including phenoxy) is 1. The minimum Gasteiger partial charge on any atom is -0.475 e. The van der Waals surface area contributed by atoms with E-state index in [4.69, 9.17) is 4.74 Å². The number of hydrogen-bond donors (Lipinski definition) is 1. The molecule has 1 heterocycles. The summed E-state index contributed by atoms with van der Waals surface area (Å²) in [5.41, 5.74) is 1.14. The number of sulfonamides is 1. The Kier molecular flexibility index (Phi) is 4.81. The fraction of sp³-hybridized carbons (Fsp3) is 0.227. The molecule has 144 valence electrons. The molecule has 3 aromatic rings. The summed E-state index contributed by atoms with van der Waals surface area (Å²) in [6.45, 7) is 4.70. The molecule has 0 radical (unpaired) electrons. The van der Waals surface area contributed by atoms with Gasteiger partial charge in [0.05, 0.1) is 22.2 Å². The molecule has 6 heteroatoms. The van der Waals surface area contributed by atoms with Gasteiger partial charge in [-0.2, -0.15) is 0 Å². The average Bonchev–Trinajstić information content (AvgIpc) is 3.19. The predicted octanol–water partition coefficient (Wildman–Crippen LogP) is 4.44. The van der Waals surface area contributed by atoms with Crippen LogP contribution in [-0.2, 0) is 14.8 Å². The van der Waals surface area contributed by atoms with E-state index in [1.54, 1.807) is 30.3 Å². The van der Waals surface area contributed by atoms with Crippen molar-refractivity contribution in [3.63, 3.8) is 0 Å². The van der Waals surface area contributed by atoms with Gasteiger partial charge in [-0.1, -0.05) is 62.4 Å². The van der Waals surface area contributed by atoms with Gasteiger partial charge in [0.15, 0.2) is 0 Å². The molecule has 0 aromatic heterocycles. The first-order valence-electron chi connectivity index (χ1n) is 9.26. The standard InChI is InChI=1S/C22H22N2O3S/c1-15(2)20-14-27-22(23-20)19-13-12-16-8-6-7-11-18(16)21(19)24-28(25,26)17-9-4-3-5-10-17/h3-13,15,20,24H,14H2,1-2H3/t20-/m0/s1. The van der Waals surface area contributed by atoms with Crippen LogP contribution in [0, 0.1) is 5.92 Å². The Morgan fingerprint density at radius 1 is 1.00 bits per heavy atom. The molecule has 1 N–H and O–H groups in total. The van der Waals surface area contributed by atoms with E-state index in [2.05, 4.69) is 23.6 Å². The van der Waals surface area contributed by atoms with E-state index in [0.717, 1.165) is 10.8 Å². The van der Waals surface area contributed by atoms with E-state index in [-0.39, 0.29) is 10.9 Å². The first-order valence-corrected chi connectivity index (χ1v) is 10.7. The number of fused-ring (bicyclic) bond motifs is 1. The van der Waals surface area contributed by atoms with Gasteiger partial charge in [-0.25, -0.2) is 13.4 Å². The van der Waals surface area contributed by atoms with Crippen LogP contribution in [0.5, 0.6) is 0 Å². The second kappa shape index (κ2) is 7.28. The van der Waals surface area contributed by atoms with Gasteiger partial charge >= 0.3 is 0 Å². The Hall–Kier alpha value is -2.86.